The largest absolute Gasteiger partial charge is 0.246 e. The van der Waals surface area contributed by atoms with Crippen molar-refractivity contribution < 1.29 is 0 Å². The fourth-order valence-corrected chi connectivity index (χ4v) is 15.8. The Balaban J connectivity index is 2.03. The third kappa shape index (κ3) is 2.57. The molecule has 1 rings (SSSR count). The predicted molar refractivity (Wildman–Crippen MR) is 52.5 cm³/mol. The van der Waals surface area contributed by atoms with E-state index in [2.05, 4.69) is 6.92 Å². The van der Waals surface area contributed by atoms with Crippen LogP contribution in [0.1, 0.15) is 19.8 Å². The first-order chi connectivity index (χ1) is 4.64. The molecule has 59 valence electrons. The van der Waals surface area contributed by atoms with E-state index in [1.54, 1.807) is 0 Å². The lowest BCUT2D eigenvalue weighted by molar-refractivity contribution is 0.871. The van der Waals surface area contributed by atoms with Crippen LogP contribution >= 0.6 is 22.2 Å². The molecule has 4 heteroatoms. The second kappa shape index (κ2) is 3.61. The van der Waals surface area contributed by atoms with Crippen LogP contribution in [0.2, 0.25) is 17.4 Å². The maximum atomic E-state index is 6.01. The van der Waals surface area contributed by atoms with Crippen molar-refractivity contribution >= 4 is 37.6 Å². The molecule has 0 amide bonds. The van der Waals surface area contributed by atoms with Crippen LogP contribution in [0.15, 0.2) is 0 Å². The van der Waals surface area contributed by atoms with Gasteiger partial charge in [-0.25, -0.2) is 0 Å². The molecule has 0 bridgehead atoms. The average molecular weight is 212 g/mol. The Hall–Kier alpha value is 1.01. The van der Waals surface area contributed by atoms with Crippen molar-refractivity contribution in [1.82, 2.24) is 0 Å². The van der Waals surface area contributed by atoms with E-state index in [0.29, 0.717) is 0 Å². The van der Waals surface area contributed by atoms with Gasteiger partial charge in [-0.2, -0.15) is 0 Å². The number of rotatable bonds is 3. The van der Waals surface area contributed by atoms with Crippen LogP contribution in [-0.4, -0.2) is 15.5 Å². The minimum absolute atomic E-state index is 0.0197. The molecule has 1 heterocycles. The van der Waals surface area contributed by atoms with Gasteiger partial charge in [-0.15, -0.1) is 22.2 Å². The van der Waals surface area contributed by atoms with Crippen LogP contribution in [0.4, 0.5) is 0 Å². The first kappa shape index (κ1) is 9.10. The van der Waals surface area contributed by atoms with Gasteiger partial charge in [-0.05, 0) is 11.3 Å². The van der Waals surface area contributed by atoms with E-state index >= 15 is 0 Å². The van der Waals surface area contributed by atoms with Crippen LogP contribution in [0.5, 0.6) is 0 Å². The number of halogens is 2. The Morgan fingerprint density at radius 3 is 2.40 bits per heavy atom. The van der Waals surface area contributed by atoms with E-state index in [0.717, 1.165) is 0 Å². The van der Waals surface area contributed by atoms with E-state index in [1.165, 1.54) is 30.2 Å². The van der Waals surface area contributed by atoms with Gasteiger partial charge in [0.25, 0.3) is 0 Å². The smallest absolute Gasteiger partial charge is 0.146 e. The van der Waals surface area contributed by atoms with Crippen LogP contribution in [0.3, 0.4) is 0 Å². The molecular weight excluding hydrogens is 199 g/mol. The molecule has 0 aliphatic carbocycles. The highest BCUT2D eigenvalue weighted by molar-refractivity contribution is 7.52. The van der Waals surface area contributed by atoms with Gasteiger partial charge in [0.15, 0.2) is 0 Å². The van der Waals surface area contributed by atoms with Crippen molar-refractivity contribution in [3.05, 3.63) is 0 Å². The van der Waals surface area contributed by atoms with Crippen molar-refractivity contribution in [2.24, 2.45) is 0 Å². The van der Waals surface area contributed by atoms with Crippen molar-refractivity contribution in [2.75, 3.05) is 0 Å². The maximum absolute atomic E-state index is 6.01. The molecule has 0 aromatic heterocycles. The van der Waals surface area contributed by atoms with E-state index in [1.807, 2.05) is 0 Å². The Labute approximate surface area is 74.9 Å². The van der Waals surface area contributed by atoms with Crippen molar-refractivity contribution in [2.45, 2.75) is 37.1 Å². The van der Waals surface area contributed by atoms with Crippen LogP contribution < -0.4 is 0 Å². The van der Waals surface area contributed by atoms with Crippen LogP contribution in [-0.2, 0) is 0 Å². The monoisotopic (exact) mass is 211 g/mol. The van der Waals surface area contributed by atoms with Gasteiger partial charge in [0.2, 0.25) is 6.69 Å². The minimum Gasteiger partial charge on any atom is -0.146 e. The Morgan fingerprint density at radius 1 is 1.40 bits per heavy atom. The molecular formula is C6H13Cl2Si2. The molecule has 0 N–H and O–H groups in total. The number of unbranched alkanes of at least 4 members (excludes halogenated alkanes) is 1. The molecule has 0 spiro atoms. The highest BCUT2D eigenvalue weighted by Crippen LogP contribution is 2.40. The van der Waals surface area contributed by atoms with Gasteiger partial charge in [-0.1, -0.05) is 25.8 Å². The van der Waals surface area contributed by atoms with Crippen molar-refractivity contribution in [3.8, 4) is 0 Å². The first-order valence-electron chi connectivity index (χ1n) is 3.85. The Kier molecular flexibility index (Phi) is 3.29. The molecule has 0 saturated carbocycles. The van der Waals surface area contributed by atoms with Gasteiger partial charge >= 0.3 is 0 Å². The molecule has 0 nitrogen and oxygen atoms in total. The fraction of sp³-hybridized carbons (Fsp3) is 1.00. The molecule has 1 aliphatic heterocycles. The standard InChI is InChI=1S/C6H13Cl2Si2/c1-2-3-4-9-5-10(7,8)6-9/h2-6H2,1H3. The molecule has 0 aromatic carbocycles. The zero-order valence-electron chi connectivity index (χ0n) is 6.29. The van der Waals surface area contributed by atoms with Gasteiger partial charge in [-0.3, -0.25) is 0 Å². The van der Waals surface area contributed by atoms with E-state index < -0.39 is 6.69 Å². The summed E-state index contributed by atoms with van der Waals surface area (Å²) in [5.74, 6) is 0. The lowest BCUT2D eigenvalue weighted by Crippen LogP contribution is -2.44. The summed E-state index contributed by atoms with van der Waals surface area (Å²) in [7, 11) is -0.0197. The molecule has 1 aliphatic rings. The molecule has 1 radical (unpaired) electrons. The topological polar surface area (TPSA) is 0 Å². The molecule has 1 fully saturated rings. The molecule has 0 aromatic rings. The summed E-state index contributed by atoms with van der Waals surface area (Å²) in [5, 5.41) is 0. The molecule has 0 unspecified atom stereocenters. The third-order valence-electron chi connectivity index (χ3n) is 1.90. The van der Waals surface area contributed by atoms with Crippen molar-refractivity contribution in [3.63, 3.8) is 0 Å². The second-order valence-corrected chi connectivity index (χ2v) is 14.5. The molecule has 10 heavy (non-hydrogen) atoms. The summed E-state index contributed by atoms with van der Waals surface area (Å²) in [6.45, 7) is 0.669. The summed E-state index contributed by atoms with van der Waals surface area (Å²) in [6, 6.07) is 1.45. The maximum Gasteiger partial charge on any atom is 0.246 e. The number of hydrogen-bond donors (Lipinski definition) is 0. The van der Waals surface area contributed by atoms with Gasteiger partial charge in [0.1, 0.15) is 0 Å². The average Bonchev–Trinajstić information content (AvgIpc) is 1.78. The Bertz CT molecular complexity index is 108. The quantitative estimate of drug-likeness (QED) is 0.497. The number of hydrogen-bond acceptors (Lipinski definition) is 0. The summed E-state index contributed by atoms with van der Waals surface area (Å²) < 4.78 is 0. The van der Waals surface area contributed by atoms with E-state index in [4.69, 9.17) is 22.2 Å². The Morgan fingerprint density at radius 2 is 2.00 bits per heavy atom. The summed E-state index contributed by atoms with van der Waals surface area (Å²) in [6.07, 6.45) is 2.72. The minimum atomic E-state index is -1.57. The normalized spacial score (nSPS) is 24.3. The molecule has 1 saturated heterocycles. The lowest BCUT2D eigenvalue weighted by Gasteiger charge is -2.34. The van der Waals surface area contributed by atoms with Crippen LogP contribution in [0.25, 0.3) is 0 Å². The fourth-order valence-electron chi connectivity index (χ4n) is 1.28. The zero-order chi connectivity index (χ0) is 7.61. The highest BCUT2D eigenvalue weighted by Gasteiger charge is 2.44. The summed E-state index contributed by atoms with van der Waals surface area (Å²) >= 11 is 12.0. The van der Waals surface area contributed by atoms with Gasteiger partial charge in [0, 0.05) is 8.80 Å². The summed E-state index contributed by atoms with van der Waals surface area (Å²) in [4.78, 5) is 0. The third-order valence-corrected chi connectivity index (χ3v) is 15.9. The highest BCUT2D eigenvalue weighted by atomic mass is 35.7. The predicted octanol–water partition coefficient (Wildman–Crippen LogP) is 3.29. The zero-order valence-corrected chi connectivity index (χ0v) is 9.80. The van der Waals surface area contributed by atoms with Gasteiger partial charge < -0.3 is 0 Å². The molecule has 0 atom stereocenters. The van der Waals surface area contributed by atoms with E-state index in [-0.39, 0.29) is 8.80 Å². The summed E-state index contributed by atoms with van der Waals surface area (Å²) in [5.41, 5.74) is 2.50. The SMILES string of the molecule is CCCC[Si]1C[Si](Cl)(Cl)C1. The van der Waals surface area contributed by atoms with Crippen molar-refractivity contribution in [1.29, 1.82) is 0 Å². The first-order valence-corrected chi connectivity index (χ1v) is 10.4. The van der Waals surface area contributed by atoms with E-state index in [9.17, 15) is 0 Å². The van der Waals surface area contributed by atoms with Gasteiger partial charge in [0.05, 0.1) is 0 Å². The van der Waals surface area contributed by atoms with Crippen LogP contribution in [0, 0.1) is 0 Å². The lowest BCUT2D eigenvalue weighted by atomic mass is 10.4. The second-order valence-electron chi connectivity index (χ2n) is 3.06.